The minimum absolute atomic E-state index is 0.0574. The van der Waals surface area contributed by atoms with Crippen molar-refractivity contribution in [2.75, 3.05) is 26.3 Å². The zero-order valence-electron chi connectivity index (χ0n) is 8.47. The van der Waals surface area contributed by atoms with Gasteiger partial charge in [0.25, 0.3) is 4.52 Å². The molecule has 1 rings (SSSR count). The van der Waals surface area contributed by atoms with Crippen molar-refractivity contribution in [3.8, 4) is 0 Å². The van der Waals surface area contributed by atoms with Crippen molar-refractivity contribution in [1.29, 1.82) is 5.53 Å². The summed E-state index contributed by atoms with van der Waals surface area (Å²) >= 11 is 0. The van der Waals surface area contributed by atoms with Gasteiger partial charge in [-0.15, -0.1) is 0 Å². The van der Waals surface area contributed by atoms with Gasteiger partial charge < -0.3 is 9.64 Å². The van der Waals surface area contributed by atoms with Gasteiger partial charge in [0.15, 0.2) is 0 Å². The largest absolute Gasteiger partial charge is 0.449 e. The lowest BCUT2D eigenvalue weighted by Gasteiger charge is -2.28. The number of alkyl halides is 2. The zero-order valence-corrected chi connectivity index (χ0v) is 9.28. The molecule has 0 bridgehead atoms. The number of hydrogen-bond donors (Lipinski definition) is 1. The quantitative estimate of drug-likeness (QED) is 0.541. The molecule has 0 unspecified atom stereocenters. The first-order chi connectivity index (χ1) is 7.83. The van der Waals surface area contributed by atoms with Crippen LogP contribution in [0.2, 0.25) is 0 Å². The molecule has 1 fully saturated rings. The van der Waals surface area contributed by atoms with Crippen LogP contribution in [-0.2, 0) is 19.6 Å². The molecule has 0 spiro atoms. The zero-order chi connectivity index (χ0) is 13.1. The summed E-state index contributed by atoms with van der Waals surface area (Å²) in [4.78, 5) is 14.0. The Labute approximate surface area is 94.8 Å². The number of ether oxygens (including phenoxy) is 1. The van der Waals surface area contributed by atoms with Crippen LogP contribution in [0.5, 0.6) is 0 Å². The second-order valence-corrected chi connectivity index (χ2v) is 4.70. The van der Waals surface area contributed by atoms with E-state index in [0.29, 0.717) is 4.90 Å². The molecule has 1 aliphatic rings. The average Bonchev–Trinajstić information content (AvgIpc) is 2.29. The molecule has 1 N–H and O–H groups in total. The van der Waals surface area contributed by atoms with Crippen molar-refractivity contribution in [2.24, 2.45) is 4.52 Å². The van der Waals surface area contributed by atoms with Gasteiger partial charge in [-0.05, 0) is 0 Å². The SMILES string of the molecule is N=[N+]=NS(=O)(=O)C(F)(F)C(=O)N1CCOCC1. The molecule has 1 heterocycles. The topological polar surface area (TPSA) is 114 Å². The van der Waals surface area contributed by atoms with E-state index in [1.807, 2.05) is 4.91 Å². The summed E-state index contributed by atoms with van der Waals surface area (Å²) < 4.78 is 55.4. The molecule has 0 aromatic rings. The Hall–Kier alpha value is -1.45. The molecule has 0 aliphatic carbocycles. The Morgan fingerprint density at radius 1 is 1.41 bits per heavy atom. The fourth-order valence-electron chi connectivity index (χ4n) is 1.17. The Kier molecular flexibility index (Phi) is 3.86. The summed E-state index contributed by atoms with van der Waals surface area (Å²) in [7, 11) is -5.45. The highest BCUT2D eigenvalue weighted by atomic mass is 32.2. The first-order valence-corrected chi connectivity index (χ1v) is 5.85. The third-order valence-electron chi connectivity index (χ3n) is 2.02. The molecule has 0 aromatic carbocycles. The maximum atomic E-state index is 13.3. The van der Waals surface area contributed by atoms with Crippen LogP contribution in [0.15, 0.2) is 4.52 Å². The predicted molar refractivity (Wildman–Crippen MR) is 48.5 cm³/mol. The predicted octanol–water partition coefficient (Wildman–Crippen LogP) is -0.682. The van der Waals surface area contributed by atoms with Gasteiger partial charge in [-0.25, -0.2) is 0 Å². The van der Waals surface area contributed by atoms with E-state index in [0.717, 1.165) is 0 Å². The van der Waals surface area contributed by atoms with Crippen LogP contribution in [0.1, 0.15) is 0 Å². The molecular formula is C6H9F2N4O4S+. The van der Waals surface area contributed by atoms with Gasteiger partial charge in [0.2, 0.25) is 4.91 Å². The molecular weight excluding hydrogens is 262 g/mol. The average molecular weight is 271 g/mol. The number of nitrogens with one attached hydrogen (secondary N) is 1. The number of halogens is 2. The molecule has 96 valence electrons. The van der Waals surface area contributed by atoms with Crippen LogP contribution in [0.3, 0.4) is 0 Å². The van der Waals surface area contributed by atoms with E-state index in [4.69, 9.17) is 10.3 Å². The molecule has 8 nitrogen and oxygen atoms in total. The minimum Gasteiger partial charge on any atom is -0.378 e. The van der Waals surface area contributed by atoms with Crippen molar-refractivity contribution in [1.82, 2.24) is 9.81 Å². The third kappa shape index (κ3) is 2.62. The first kappa shape index (κ1) is 13.6. The van der Waals surface area contributed by atoms with Crippen LogP contribution >= 0.6 is 0 Å². The summed E-state index contributed by atoms with van der Waals surface area (Å²) in [6, 6.07) is 0. The first-order valence-electron chi connectivity index (χ1n) is 4.41. The number of sulfonamides is 1. The van der Waals surface area contributed by atoms with Crippen molar-refractivity contribution in [3.63, 3.8) is 0 Å². The van der Waals surface area contributed by atoms with E-state index >= 15 is 0 Å². The van der Waals surface area contributed by atoms with Gasteiger partial charge in [0.05, 0.1) is 13.2 Å². The van der Waals surface area contributed by atoms with Crippen LogP contribution in [0.25, 0.3) is 0 Å². The highest BCUT2D eigenvalue weighted by Gasteiger charge is 2.58. The lowest BCUT2D eigenvalue weighted by molar-refractivity contribution is -0.151. The molecule has 1 saturated heterocycles. The van der Waals surface area contributed by atoms with Crippen LogP contribution in [-0.4, -0.2) is 50.8 Å². The maximum Gasteiger partial charge on any atom is 0.449 e. The van der Waals surface area contributed by atoms with Gasteiger partial charge in [-0.2, -0.15) is 17.2 Å². The van der Waals surface area contributed by atoms with Crippen LogP contribution in [0, 0.1) is 5.53 Å². The smallest absolute Gasteiger partial charge is 0.378 e. The number of rotatable bonds is 3. The van der Waals surface area contributed by atoms with Gasteiger partial charge in [0, 0.05) is 13.1 Å². The summed E-state index contributed by atoms with van der Waals surface area (Å²) in [5, 5.41) is -4.71. The maximum absolute atomic E-state index is 13.3. The molecule has 0 atom stereocenters. The highest BCUT2D eigenvalue weighted by Crippen LogP contribution is 2.26. The van der Waals surface area contributed by atoms with Crippen molar-refractivity contribution < 1.29 is 26.7 Å². The van der Waals surface area contributed by atoms with Gasteiger partial charge >= 0.3 is 21.2 Å². The lowest BCUT2D eigenvalue weighted by Crippen LogP contribution is -2.51. The third-order valence-corrected chi connectivity index (χ3v) is 3.14. The molecule has 0 radical (unpaired) electrons. The van der Waals surface area contributed by atoms with Crippen molar-refractivity contribution in [2.45, 2.75) is 5.25 Å². The monoisotopic (exact) mass is 271 g/mol. The van der Waals surface area contributed by atoms with Crippen LogP contribution in [0.4, 0.5) is 8.78 Å². The van der Waals surface area contributed by atoms with E-state index in [1.165, 1.54) is 0 Å². The number of carbonyl (C=O) groups is 1. The standard InChI is InChI=1S/C6H9F2N4O4S/c7-6(8,17(14,15)11-10-9)5(13)12-1-3-16-4-2-12/h9H,1-4H2/q+1. The highest BCUT2D eigenvalue weighted by molar-refractivity contribution is 7.91. The van der Waals surface area contributed by atoms with E-state index < -0.39 is 21.2 Å². The van der Waals surface area contributed by atoms with E-state index in [2.05, 4.69) is 4.52 Å². The molecule has 11 heteroatoms. The molecule has 0 saturated carbocycles. The lowest BCUT2D eigenvalue weighted by atomic mass is 10.4. The molecule has 17 heavy (non-hydrogen) atoms. The number of morpholine rings is 1. The van der Waals surface area contributed by atoms with Crippen molar-refractivity contribution in [3.05, 3.63) is 0 Å². The van der Waals surface area contributed by atoms with E-state index in [-0.39, 0.29) is 26.3 Å². The molecule has 1 amide bonds. The van der Waals surface area contributed by atoms with Crippen molar-refractivity contribution >= 4 is 15.9 Å². The Morgan fingerprint density at radius 3 is 2.41 bits per heavy atom. The fourth-order valence-corrected chi connectivity index (χ4v) is 1.73. The second-order valence-electron chi connectivity index (χ2n) is 3.08. The van der Waals surface area contributed by atoms with Gasteiger partial charge in [-0.3, -0.25) is 4.79 Å². The number of amides is 1. The second kappa shape index (κ2) is 4.82. The minimum atomic E-state index is -5.45. The summed E-state index contributed by atoms with van der Waals surface area (Å²) in [5.41, 5.74) is 6.12. The normalized spacial score (nSPS) is 17.4. The number of hydrogen-bond acceptors (Lipinski definition) is 5. The number of nitrogens with zero attached hydrogens (tertiary/aromatic N) is 3. The van der Waals surface area contributed by atoms with Gasteiger partial charge in [0.1, 0.15) is 5.53 Å². The van der Waals surface area contributed by atoms with E-state index in [9.17, 15) is 22.0 Å². The summed E-state index contributed by atoms with van der Waals surface area (Å²) in [6.45, 7) is -0.131. The Balaban J connectivity index is 2.97. The number of carbonyl (C=O) groups excluding carboxylic acids is 1. The molecule has 0 aromatic heterocycles. The Bertz CT molecular complexity index is 453. The van der Waals surface area contributed by atoms with Crippen LogP contribution < -0.4 is 4.91 Å². The fraction of sp³-hybridized carbons (Fsp3) is 0.833. The Morgan fingerprint density at radius 2 is 1.94 bits per heavy atom. The summed E-state index contributed by atoms with van der Waals surface area (Å²) in [6.07, 6.45) is 0. The summed E-state index contributed by atoms with van der Waals surface area (Å²) in [5.74, 6) is -1.88. The van der Waals surface area contributed by atoms with Gasteiger partial charge in [-0.1, -0.05) is 0 Å². The molecule has 1 aliphatic heterocycles. The van der Waals surface area contributed by atoms with E-state index in [1.54, 1.807) is 0 Å².